The minimum absolute atomic E-state index is 0.237. The Morgan fingerprint density at radius 3 is 2.77 bits per heavy atom. The average Bonchev–Trinajstić information content (AvgIpc) is 3.47. The second-order valence-electron chi connectivity index (χ2n) is 6.80. The number of carbonyl (C=O) groups is 1. The van der Waals surface area contributed by atoms with Gasteiger partial charge in [0.05, 0.1) is 30.7 Å². The van der Waals surface area contributed by atoms with Gasteiger partial charge in [-0.2, -0.15) is 4.98 Å². The Hall–Kier alpha value is -3.59. The molecule has 31 heavy (non-hydrogen) atoms. The number of nitrogens with one attached hydrogen (secondary N) is 1. The number of nitrogens with zero attached hydrogens (tertiary/aromatic N) is 3. The van der Waals surface area contributed by atoms with E-state index in [2.05, 4.69) is 22.0 Å². The SMILES string of the molecule is C=CCN1C(=O)NC(c2ccc(OC)c(OC)c2)C(c2nc(-c3cccs3)no2)=C1C. The molecule has 1 aromatic carbocycles. The van der Waals surface area contributed by atoms with Gasteiger partial charge in [-0.25, -0.2) is 4.79 Å². The molecule has 1 atom stereocenters. The summed E-state index contributed by atoms with van der Waals surface area (Å²) in [5, 5.41) is 9.13. The number of ether oxygens (including phenoxy) is 2. The lowest BCUT2D eigenvalue weighted by molar-refractivity contribution is 0.209. The van der Waals surface area contributed by atoms with Crippen molar-refractivity contribution in [3.8, 4) is 22.2 Å². The lowest BCUT2D eigenvalue weighted by Crippen LogP contribution is -2.46. The van der Waals surface area contributed by atoms with Gasteiger partial charge < -0.3 is 19.3 Å². The Morgan fingerprint density at radius 2 is 2.10 bits per heavy atom. The number of allylic oxidation sites excluding steroid dienone is 1. The number of hydrogen-bond donors (Lipinski definition) is 1. The van der Waals surface area contributed by atoms with Gasteiger partial charge in [0, 0.05) is 12.2 Å². The molecule has 1 aliphatic rings. The minimum Gasteiger partial charge on any atom is -0.493 e. The summed E-state index contributed by atoms with van der Waals surface area (Å²) in [6, 6.07) is 8.62. The van der Waals surface area contributed by atoms with Crippen molar-refractivity contribution in [3.05, 3.63) is 65.5 Å². The Kier molecular flexibility index (Phi) is 5.77. The maximum atomic E-state index is 12.8. The zero-order chi connectivity index (χ0) is 22.0. The monoisotopic (exact) mass is 438 g/mol. The molecular formula is C22H22N4O4S. The summed E-state index contributed by atoms with van der Waals surface area (Å²) in [5.74, 6) is 2.00. The lowest BCUT2D eigenvalue weighted by Gasteiger charge is -2.34. The minimum atomic E-state index is -0.509. The van der Waals surface area contributed by atoms with Crippen LogP contribution in [0.15, 0.2) is 58.6 Å². The van der Waals surface area contributed by atoms with Gasteiger partial charge >= 0.3 is 6.03 Å². The molecule has 3 aromatic rings. The molecule has 3 heterocycles. The average molecular weight is 439 g/mol. The highest BCUT2D eigenvalue weighted by Gasteiger charge is 2.35. The molecule has 8 nitrogen and oxygen atoms in total. The van der Waals surface area contributed by atoms with Crippen molar-refractivity contribution in [3.63, 3.8) is 0 Å². The molecular weight excluding hydrogens is 416 g/mol. The van der Waals surface area contributed by atoms with Gasteiger partial charge in [-0.3, -0.25) is 4.90 Å². The molecule has 0 fully saturated rings. The molecule has 0 spiro atoms. The van der Waals surface area contributed by atoms with Crippen LogP contribution in [0.5, 0.6) is 11.5 Å². The summed E-state index contributed by atoms with van der Waals surface area (Å²) in [5.41, 5.74) is 2.23. The Labute approximate surface area is 183 Å². The van der Waals surface area contributed by atoms with E-state index in [4.69, 9.17) is 14.0 Å². The number of hydrogen-bond acceptors (Lipinski definition) is 7. The largest absolute Gasteiger partial charge is 0.493 e. The van der Waals surface area contributed by atoms with Crippen LogP contribution in [0.1, 0.15) is 24.4 Å². The van der Waals surface area contributed by atoms with E-state index in [1.54, 1.807) is 31.3 Å². The fourth-order valence-corrected chi connectivity index (χ4v) is 4.18. The van der Waals surface area contributed by atoms with E-state index in [9.17, 15) is 4.79 Å². The standard InChI is InChI=1S/C22H22N4O4S/c1-5-10-26-13(2)18(21-24-20(25-30-21)17-7-6-11-31-17)19(23-22(26)27)14-8-9-15(28-3)16(12-14)29-4/h5-9,11-12,19H,1,10H2,2-4H3,(H,23,27). The number of urea groups is 1. The first-order chi connectivity index (χ1) is 15.1. The van der Waals surface area contributed by atoms with Gasteiger partial charge in [0.25, 0.3) is 5.89 Å². The number of thiophene rings is 1. The van der Waals surface area contributed by atoms with Gasteiger partial charge in [0.2, 0.25) is 5.82 Å². The molecule has 9 heteroatoms. The van der Waals surface area contributed by atoms with Crippen LogP contribution >= 0.6 is 11.3 Å². The first-order valence-corrected chi connectivity index (χ1v) is 10.4. The fourth-order valence-electron chi connectivity index (χ4n) is 3.53. The van der Waals surface area contributed by atoms with E-state index in [1.165, 1.54) is 11.3 Å². The number of aromatic nitrogens is 2. The molecule has 0 saturated carbocycles. The number of rotatable bonds is 7. The van der Waals surface area contributed by atoms with Gasteiger partial charge in [-0.05, 0) is 36.1 Å². The first kappa shape index (κ1) is 20.7. The van der Waals surface area contributed by atoms with Crippen molar-refractivity contribution < 1.29 is 18.8 Å². The van der Waals surface area contributed by atoms with Crippen molar-refractivity contribution in [1.82, 2.24) is 20.4 Å². The van der Waals surface area contributed by atoms with Crippen LogP contribution in [-0.4, -0.2) is 41.8 Å². The second kappa shape index (κ2) is 8.65. The topological polar surface area (TPSA) is 89.7 Å². The van der Waals surface area contributed by atoms with E-state index in [0.29, 0.717) is 41.0 Å². The van der Waals surface area contributed by atoms with E-state index in [0.717, 1.165) is 10.4 Å². The third-order valence-corrected chi connectivity index (χ3v) is 5.91. The van der Waals surface area contributed by atoms with E-state index < -0.39 is 6.04 Å². The van der Waals surface area contributed by atoms with Crippen LogP contribution in [0, 0.1) is 0 Å². The maximum absolute atomic E-state index is 12.8. The molecule has 4 rings (SSSR count). The zero-order valence-corrected chi connectivity index (χ0v) is 18.2. The highest BCUT2D eigenvalue weighted by atomic mass is 32.1. The second-order valence-corrected chi connectivity index (χ2v) is 7.74. The Bertz CT molecular complexity index is 1140. The predicted molar refractivity (Wildman–Crippen MR) is 118 cm³/mol. The summed E-state index contributed by atoms with van der Waals surface area (Å²) in [7, 11) is 3.15. The van der Waals surface area contributed by atoms with E-state index >= 15 is 0 Å². The summed E-state index contributed by atoms with van der Waals surface area (Å²) in [4.78, 5) is 19.9. The molecule has 2 aromatic heterocycles. The molecule has 0 radical (unpaired) electrons. The lowest BCUT2D eigenvalue weighted by atomic mass is 9.94. The van der Waals surface area contributed by atoms with Crippen LogP contribution in [0.2, 0.25) is 0 Å². The number of methoxy groups -OCH3 is 2. The van der Waals surface area contributed by atoms with Crippen molar-refractivity contribution in [2.24, 2.45) is 0 Å². The Morgan fingerprint density at radius 1 is 1.29 bits per heavy atom. The predicted octanol–water partition coefficient (Wildman–Crippen LogP) is 4.50. The van der Waals surface area contributed by atoms with Crippen LogP contribution < -0.4 is 14.8 Å². The summed E-state index contributed by atoms with van der Waals surface area (Å²) >= 11 is 1.53. The third kappa shape index (κ3) is 3.79. The number of carbonyl (C=O) groups excluding carboxylic acids is 1. The third-order valence-electron chi connectivity index (χ3n) is 5.05. The highest BCUT2D eigenvalue weighted by Crippen LogP contribution is 2.40. The molecule has 160 valence electrons. The summed E-state index contributed by atoms with van der Waals surface area (Å²) in [6.45, 7) is 5.97. The molecule has 1 N–H and O–H groups in total. The van der Waals surface area contributed by atoms with Crippen molar-refractivity contribution in [2.75, 3.05) is 20.8 Å². The highest BCUT2D eigenvalue weighted by molar-refractivity contribution is 7.13. The first-order valence-electron chi connectivity index (χ1n) is 9.57. The summed E-state index contributed by atoms with van der Waals surface area (Å²) in [6.07, 6.45) is 1.67. The van der Waals surface area contributed by atoms with Crippen molar-refractivity contribution in [1.29, 1.82) is 0 Å². The zero-order valence-electron chi connectivity index (χ0n) is 17.4. The molecule has 1 unspecified atom stereocenters. The van der Waals surface area contributed by atoms with Crippen molar-refractivity contribution >= 4 is 22.9 Å². The normalized spacial score (nSPS) is 16.3. The van der Waals surface area contributed by atoms with E-state index in [1.807, 2.05) is 36.6 Å². The molecule has 0 saturated heterocycles. The Balaban J connectivity index is 1.84. The number of benzene rings is 1. The van der Waals surface area contributed by atoms with Crippen LogP contribution in [0.3, 0.4) is 0 Å². The number of amides is 2. The summed E-state index contributed by atoms with van der Waals surface area (Å²) < 4.78 is 16.4. The fraction of sp³-hybridized carbons (Fsp3) is 0.227. The molecule has 0 aliphatic carbocycles. The van der Waals surface area contributed by atoms with E-state index in [-0.39, 0.29) is 6.03 Å². The van der Waals surface area contributed by atoms with Gasteiger partial charge in [0.1, 0.15) is 0 Å². The molecule has 0 bridgehead atoms. The van der Waals surface area contributed by atoms with Gasteiger partial charge in [0.15, 0.2) is 11.5 Å². The molecule has 1 aliphatic heterocycles. The van der Waals surface area contributed by atoms with Crippen LogP contribution in [-0.2, 0) is 0 Å². The van der Waals surface area contributed by atoms with Crippen molar-refractivity contribution in [2.45, 2.75) is 13.0 Å². The quantitative estimate of drug-likeness (QED) is 0.547. The van der Waals surface area contributed by atoms with Crippen LogP contribution in [0.25, 0.3) is 16.3 Å². The smallest absolute Gasteiger partial charge is 0.322 e. The maximum Gasteiger partial charge on any atom is 0.322 e. The van der Waals surface area contributed by atoms with Gasteiger partial charge in [-0.15, -0.1) is 17.9 Å². The molecule has 2 amide bonds. The van der Waals surface area contributed by atoms with Crippen LogP contribution in [0.4, 0.5) is 4.79 Å². The van der Waals surface area contributed by atoms with Gasteiger partial charge in [-0.1, -0.05) is 23.4 Å².